The molecule has 1 heterocycles. The molecule has 0 unspecified atom stereocenters. The van der Waals surface area contributed by atoms with Gasteiger partial charge in [0.2, 0.25) is 0 Å². The van der Waals surface area contributed by atoms with Crippen LogP contribution in [-0.4, -0.2) is 33.8 Å². The van der Waals surface area contributed by atoms with Gasteiger partial charge in [-0.05, 0) is 18.6 Å². The minimum Gasteiger partial charge on any atom is -0.506 e. The van der Waals surface area contributed by atoms with E-state index in [2.05, 4.69) is 5.32 Å². The largest absolute Gasteiger partial charge is 0.506 e. The molecular weight excluding hydrogens is 260 g/mol. The van der Waals surface area contributed by atoms with Crippen molar-refractivity contribution in [2.24, 2.45) is 7.05 Å². The van der Waals surface area contributed by atoms with Crippen LogP contribution in [0.5, 0.6) is 5.75 Å². The average molecular weight is 276 g/mol. The van der Waals surface area contributed by atoms with Crippen LogP contribution in [0.1, 0.15) is 16.8 Å². The van der Waals surface area contributed by atoms with Gasteiger partial charge in [0, 0.05) is 25.6 Å². The minimum absolute atomic E-state index is 0.0536. The molecule has 2 rings (SSSR count). The number of rotatable bonds is 4. The third-order valence-electron chi connectivity index (χ3n) is 3.12. The number of para-hydroxylation sites is 1. The van der Waals surface area contributed by atoms with Gasteiger partial charge >= 0.3 is 0 Å². The number of amides is 1. The first-order valence-corrected chi connectivity index (χ1v) is 6.27. The molecule has 0 aliphatic heterocycles. The van der Waals surface area contributed by atoms with Crippen LogP contribution in [0.15, 0.2) is 29.1 Å². The van der Waals surface area contributed by atoms with E-state index in [1.807, 2.05) is 0 Å². The molecule has 20 heavy (non-hydrogen) atoms. The van der Waals surface area contributed by atoms with E-state index in [9.17, 15) is 14.7 Å². The van der Waals surface area contributed by atoms with Gasteiger partial charge in [0.25, 0.3) is 11.5 Å². The molecule has 0 aliphatic carbocycles. The van der Waals surface area contributed by atoms with E-state index < -0.39 is 11.5 Å². The summed E-state index contributed by atoms with van der Waals surface area (Å²) in [5.74, 6) is -0.951. The van der Waals surface area contributed by atoms with Gasteiger partial charge in [-0.1, -0.05) is 12.1 Å². The zero-order valence-electron chi connectivity index (χ0n) is 11.1. The molecule has 0 bridgehead atoms. The number of nitrogens with one attached hydrogen (secondary N) is 1. The zero-order valence-corrected chi connectivity index (χ0v) is 11.1. The molecule has 0 radical (unpaired) electrons. The summed E-state index contributed by atoms with van der Waals surface area (Å²) >= 11 is 0. The van der Waals surface area contributed by atoms with Gasteiger partial charge in [-0.3, -0.25) is 9.59 Å². The molecule has 0 fully saturated rings. The second kappa shape index (κ2) is 5.75. The summed E-state index contributed by atoms with van der Waals surface area (Å²) < 4.78 is 1.33. The first kappa shape index (κ1) is 14.1. The summed E-state index contributed by atoms with van der Waals surface area (Å²) in [6.45, 7) is 0.187. The lowest BCUT2D eigenvalue weighted by atomic mass is 10.1. The number of aryl methyl sites for hydroxylation is 1. The SMILES string of the molecule is Cn1c(=O)c(C(=O)NCCCO)c(O)c2ccccc21. The van der Waals surface area contributed by atoms with Crippen molar-refractivity contribution >= 4 is 16.8 Å². The third-order valence-corrected chi connectivity index (χ3v) is 3.12. The normalized spacial score (nSPS) is 10.7. The maximum Gasteiger partial charge on any atom is 0.267 e. The highest BCUT2D eigenvalue weighted by molar-refractivity contribution is 6.02. The van der Waals surface area contributed by atoms with Crippen molar-refractivity contribution in [3.63, 3.8) is 0 Å². The molecule has 6 heteroatoms. The number of hydrogen-bond donors (Lipinski definition) is 3. The maximum atomic E-state index is 12.2. The predicted octanol–water partition coefficient (Wildman–Crippen LogP) is 0.356. The zero-order chi connectivity index (χ0) is 14.7. The summed E-state index contributed by atoms with van der Waals surface area (Å²) in [6.07, 6.45) is 0.389. The van der Waals surface area contributed by atoms with Crippen molar-refractivity contribution in [1.82, 2.24) is 9.88 Å². The molecule has 1 aromatic carbocycles. The van der Waals surface area contributed by atoms with Crippen LogP contribution in [0.4, 0.5) is 0 Å². The molecular formula is C14H16N2O4. The molecule has 2 aromatic rings. The Morgan fingerprint density at radius 3 is 2.75 bits per heavy atom. The van der Waals surface area contributed by atoms with Crippen LogP contribution in [0.25, 0.3) is 10.9 Å². The second-order valence-corrected chi connectivity index (χ2v) is 4.44. The van der Waals surface area contributed by atoms with Gasteiger partial charge in [0.1, 0.15) is 11.3 Å². The van der Waals surface area contributed by atoms with Crippen LogP contribution < -0.4 is 10.9 Å². The van der Waals surface area contributed by atoms with Crippen molar-refractivity contribution in [2.75, 3.05) is 13.2 Å². The highest BCUT2D eigenvalue weighted by Gasteiger charge is 2.20. The summed E-state index contributed by atoms with van der Waals surface area (Å²) in [4.78, 5) is 24.2. The average Bonchev–Trinajstić information content (AvgIpc) is 2.45. The standard InChI is InChI=1S/C14H16N2O4/c1-16-10-6-3-2-5-9(10)12(18)11(14(16)20)13(19)15-7-4-8-17/h2-3,5-6,17-18H,4,7-8H2,1H3,(H,15,19). The Morgan fingerprint density at radius 2 is 2.05 bits per heavy atom. The van der Waals surface area contributed by atoms with E-state index in [0.717, 1.165) is 0 Å². The third kappa shape index (κ3) is 2.37. The minimum atomic E-state index is -0.637. The number of fused-ring (bicyclic) bond motifs is 1. The molecule has 3 N–H and O–H groups in total. The van der Waals surface area contributed by atoms with Crippen molar-refractivity contribution in [3.05, 3.63) is 40.2 Å². The van der Waals surface area contributed by atoms with Crippen molar-refractivity contribution in [1.29, 1.82) is 0 Å². The number of carbonyl (C=O) groups excluding carboxylic acids is 1. The molecule has 0 aliphatic rings. The Bertz CT molecular complexity index is 706. The van der Waals surface area contributed by atoms with Crippen molar-refractivity contribution in [2.45, 2.75) is 6.42 Å². The first-order valence-electron chi connectivity index (χ1n) is 6.27. The number of carbonyl (C=O) groups is 1. The van der Waals surface area contributed by atoms with Crippen LogP contribution in [0, 0.1) is 0 Å². The maximum absolute atomic E-state index is 12.2. The summed E-state index contributed by atoms with van der Waals surface area (Å²) in [7, 11) is 1.55. The lowest BCUT2D eigenvalue weighted by molar-refractivity contribution is 0.0946. The molecule has 106 valence electrons. The Morgan fingerprint density at radius 1 is 1.35 bits per heavy atom. The highest BCUT2D eigenvalue weighted by atomic mass is 16.3. The summed E-state index contributed by atoms with van der Waals surface area (Å²) in [6, 6.07) is 6.82. The molecule has 0 spiro atoms. The number of pyridine rings is 1. The van der Waals surface area contributed by atoms with Gasteiger partial charge in [-0.15, -0.1) is 0 Å². The molecule has 1 aromatic heterocycles. The lowest BCUT2D eigenvalue weighted by Crippen LogP contribution is -2.33. The second-order valence-electron chi connectivity index (χ2n) is 4.44. The highest BCUT2D eigenvalue weighted by Crippen LogP contribution is 2.25. The Labute approximate surface area is 115 Å². The fourth-order valence-corrected chi connectivity index (χ4v) is 2.05. The van der Waals surface area contributed by atoms with Gasteiger partial charge in [0.15, 0.2) is 0 Å². The number of benzene rings is 1. The Kier molecular flexibility index (Phi) is 4.05. The number of aliphatic hydroxyl groups is 1. The predicted molar refractivity (Wildman–Crippen MR) is 74.9 cm³/mol. The number of aliphatic hydroxyl groups excluding tert-OH is 1. The molecule has 0 saturated carbocycles. The van der Waals surface area contributed by atoms with Crippen LogP contribution in [0.2, 0.25) is 0 Å². The van der Waals surface area contributed by atoms with Crippen molar-refractivity contribution in [3.8, 4) is 5.75 Å². The fraction of sp³-hybridized carbons (Fsp3) is 0.286. The Hall–Kier alpha value is -2.34. The van der Waals surface area contributed by atoms with E-state index in [1.54, 1.807) is 31.3 Å². The van der Waals surface area contributed by atoms with Gasteiger partial charge in [0.05, 0.1) is 5.52 Å². The van der Waals surface area contributed by atoms with Gasteiger partial charge in [-0.25, -0.2) is 0 Å². The molecule has 1 amide bonds. The van der Waals surface area contributed by atoms with Crippen LogP contribution >= 0.6 is 0 Å². The molecule has 0 saturated heterocycles. The van der Waals surface area contributed by atoms with Crippen molar-refractivity contribution < 1.29 is 15.0 Å². The van der Waals surface area contributed by atoms with Gasteiger partial charge < -0.3 is 20.1 Å². The topological polar surface area (TPSA) is 91.6 Å². The van der Waals surface area contributed by atoms with E-state index in [-0.39, 0.29) is 24.5 Å². The quantitative estimate of drug-likeness (QED) is 0.703. The summed E-state index contributed by atoms with van der Waals surface area (Å²) in [5.41, 5.74) is -0.270. The number of nitrogens with zero attached hydrogens (tertiary/aromatic N) is 1. The smallest absolute Gasteiger partial charge is 0.267 e. The van der Waals surface area contributed by atoms with Crippen LogP contribution in [0.3, 0.4) is 0 Å². The summed E-state index contributed by atoms with van der Waals surface area (Å²) in [5, 5.41) is 21.8. The fourth-order valence-electron chi connectivity index (χ4n) is 2.05. The van der Waals surface area contributed by atoms with E-state index in [4.69, 9.17) is 5.11 Å². The monoisotopic (exact) mass is 276 g/mol. The Balaban J connectivity index is 2.54. The van der Waals surface area contributed by atoms with E-state index >= 15 is 0 Å². The van der Waals surface area contributed by atoms with E-state index in [1.165, 1.54) is 4.57 Å². The molecule has 0 atom stereocenters. The number of hydrogen-bond acceptors (Lipinski definition) is 4. The number of aromatic hydroxyl groups is 1. The van der Waals surface area contributed by atoms with Gasteiger partial charge in [-0.2, -0.15) is 0 Å². The van der Waals surface area contributed by atoms with E-state index in [0.29, 0.717) is 17.3 Å². The first-order chi connectivity index (χ1) is 9.57. The molecule has 6 nitrogen and oxygen atoms in total. The lowest BCUT2D eigenvalue weighted by Gasteiger charge is -2.11. The number of aromatic nitrogens is 1. The van der Waals surface area contributed by atoms with Crippen LogP contribution in [-0.2, 0) is 7.05 Å².